The first-order chi connectivity index (χ1) is 6.24. The highest BCUT2D eigenvalue weighted by molar-refractivity contribution is 4.84. The summed E-state index contributed by atoms with van der Waals surface area (Å²) in [5.74, 6) is 0. The molecule has 0 aromatic rings. The minimum absolute atomic E-state index is 0.212. The standard InChI is InChI=1S/C9H21NO.C2H6/c1-5-7-9(6-2,10-3)8-11-4;1-2/h10H,5-8H2,1-4H3;1-2H3. The molecule has 2 heteroatoms. The number of rotatable bonds is 6. The van der Waals surface area contributed by atoms with Gasteiger partial charge in [-0.25, -0.2) is 0 Å². The van der Waals surface area contributed by atoms with Gasteiger partial charge in [-0.15, -0.1) is 0 Å². The molecule has 2 nitrogen and oxygen atoms in total. The maximum Gasteiger partial charge on any atom is 0.0644 e. The molecule has 0 saturated heterocycles. The minimum atomic E-state index is 0.212. The second kappa shape index (κ2) is 10.0. The Morgan fingerprint density at radius 3 is 2.00 bits per heavy atom. The zero-order valence-corrected chi connectivity index (χ0v) is 10.2. The van der Waals surface area contributed by atoms with Gasteiger partial charge in [-0.3, -0.25) is 0 Å². The van der Waals surface area contributed by atoms with Crippen molar-refractivity contribution in [3.05, 3.63) is 0 Å². The highest BCUT2D eigenvalue weighted by Gasteiger charge is 2.24. The first-order valence-electron chi connectivity index (χ1n) is 5.42. The van der Waals surface area contributed by atoms with Gasteiger partial charge in [0.1, 0.15) is 0 Å². The summed E-state index contributed by atoms with van der Waals surface area (Å²) in [6.45, 7) is 9.22. The van der Waals surface area contributed by atoms with Crippen LogP contribution < -0.4 is 5.32 Å². The van der Waals surface area contributed by atoms with Gasteiger partial charge in [0.05, 0.1) is 6.61 Å². The Labute approximate surface area is 84.1 Å². The molecule has 0 bridgehead atoms. The molecular formula is C11H27NO. The highest BCUT2D eigenvalue weighted by atomic mass is 16.5. The Hall–Kier alpha value is -0.0800. The van der Waals surface area contributed by atoms with Gasteiger partial charge in [-0.1, -0.05) is 34.1 Å². The maximum absolute atomic E-state index is 5.18. The lowest BCUT2D eigenvalue weighted by Crippen LogP contribution is -2.46. The first kappa shape index (κ1) is 15.4. The van der Waals surface area contributed by atoms with E-state index in [1.165, 1.54) is 12.8 Å². The Kier molecular flexibility index (Phi) is 11.8. The molecule has 82 valence electrons. The monoisotopic (exact) mass is 189 g/mol. The Balaban J connectivity index is 0. The minimum Gasteiger partial charge on any atom is -0.383 e. The van der Waals surface area contributed by atoms with E-state index in [0.717, 1.165) is 13.0 Å². The Morgan fingerprint density at radius 1 is 1.23 bits per heavy atom. The van der Waals surface area contributed by atoms with Crippen molar-refractivity contribution in [2.75, 3.05) is 20.8 Å². The second-order valence-electron chi connectivity index (χ2n) is 3.07. The zero-order chi connectivity index (χ0) is 10.7. The lowest BCUT2D eigenvalue weighted by molar-refractivity contribution is 0.104. The van der Waals surface area contributed by atoms with Gasteiger partial charge in [-0.05, 0) is 19.9 Å². The summed E-state index contributed by atoms with van der Waals surface area (Å²) in [6.07, 6.45) is 3.52. The van der Waals surface area contributed by atoms with Crippen LogP contribution in [0, 0.1) is 0 Å². The molecule has 0 heterocycles. The summed E-state index contributed by atoms with van der Waals surface area (Å²) in [6, 6.07) is 0. The van der Waals surface area contributed by atoms with Gasteiger partial charge in [0.15, 0.2) is 0 Å². The normalized spacial score (nSPS) is 14.3. The molecule has 0 aliphatic rings. The molecule has 0 spiro atoms. The molecule has 0 aliphatic heterocycles. The van der Waals surface area contributed by atoms with Crippen LogP contribution in [0.2, 0.25) is 0 Å². The summed E-state index contributed by atoms with van der Waals surface area (Å²) in [5.41, 5.74) is 0.212. The van der Waals surface area contributed by atoms with Gasteiger partial charge in [0, 0.05) is 12.6 Å². The van der Waals surface area contributed by atoms with Gasteiger partial charge in [0.2, 0.25) is 0 Å². The van der Waals surface area contributed by atoms with Crippen LogP contribution >= 0.6 is 0 Å². The fourth-order valence-electron chi connectivity index (χ4n) is 1.48. The van der Waals surface area contributed by atoms with Crippen molar-refractivity contribution >= 4 is 0 Å². The average molecular weight is 189 g/mol. The fraction of sp³-hybridized carbons (Fsp3) is 1.00. The van der Waals surface area contributed by atoms with Gasteiger partial charge in [0.25, 0.3) is 0 Å². The molecule has 1 atom stereocenters. The van der Waals surface area contributed by atoms with Gasteiger partial charge < -0.3 is 10.1 Å². The van der Waals surface area contributed by atoms with Crippen molar-refractivity contribution in [1.82, 2.24) is 5.32 Å². The first-order valence-corrected chi connectivity index (χ1v) is 5.42. The molecule has 1 N–H and O–H groups in total. The van der Waals surface area contributed by atoms with Crippen LogP contribution in [0.4, 0.5) is 0 Å². The van der Waals surface area contributed by atoms with E-state index in [-0.39, 0.29) is 5.54 Å². The summed E-state index contributed by atoms with van der Waals surface area (Å²) in [4.78, 5) is 0. The summed E-state index contributed by atoms with van der Waals surface area (Å²) >= 11 is 0. The molecule has 0 saturated carbocycles. The van der Waals surface area contributed by atoms with Gasteiger partial charge in [-0.2, -0.15) is 0 Å². The predicted octanol–water partition coefficient (Wildman–Crippen LogP) is 2.83. The van der Waals surface area contributed by atoms with Gasteiger partial charge >= 0.3 is 0 Å². The molecule has 1 unspecified atom stereocenters. The van der Waals surface area contributed by atoms with E-state index in [1.807, 2.05) is 20.9 Å². The van der Waals surface area contributed by atoms with Crippen LogP contribution in [0.15, 0.2) is 0 Å². The molecule has 0 rings (SSSR count). The molecule has 13 heavy (non-hydrogen) atoms. The number of nitrogens with one attached hydrogen (secondary N) is 1. The molecule has 0 aliphatic carbocycles. The van der Waals surface area contributed by atoms with E-state index >= 15 is 0 Å². The Bertz CT molecular complexity index is 82.1. The van der Waals surface area contributed by atoms with Crippen molar-refractivity contribution in [2.45, 2.75) is 52.5 Å². The summed E-state index contributed by atoms with van der Waals surface area (Å²) in [5, 5.41) is 3.34. The van der Waals surface area contributed by atoms with Crippen molar-refractivity contribution < 1.29 is 4.74 Å². The number of hydrogen-bond donors (Lipinski definition) is 1. The lowest BCUT2D eigenvalue weighted by Gasteiger charge is -2.31. The molecule has 0 aromatic heterocycles. The smallest absolute Gasteiger partial charge is 0.0644 e. The molecule has 0 amide bonds. The summed E-state index contributed by atoms with van der Waals surface area (Å²) in [7, 11) is 3.77. The number of hydrogen-bond acceptors (Lipinski definition) is 2. The largest absolute Gasteiger partial charge is 0.383 e. The number of methoxy groups -OCH3 is 1. The Morgan fingerprint density at radius 2 is 1.77 bits per heavy atom. The van der Waals surface area contributed by atoms with E-state index in [4.69, 9.17) is 4.74 Å². The van der Waals surface area contributed by atoms with Crippen LogP contribution in [-0.4, -0.2) is 26.3 Å². The highest BCUT2D eigenvalue weighted by Crippen LogP contribution is 2.16. The van der Waals surface area contributed by atoms with Crippen LogP contribution in [0.5, 0.6) is 0 Å². The van der Waals surface area contributed by atoms with Crippen LogP contribution in [-0.2, 0) is 4.74 Å². The summed E-state index contributed by atoms with van der Waals surface area (Å²) < 4.78 is 5.18. The van der Waals surface area contributed by atoms with Crippen LogP contribution in [0.25, 0.3) is 0 Å². The quantitative estimate of drug-likeness (QED) is 0.693. The number of ether oxygens (including phenoxy) is 1. The van der Waals surface area contributed by atoms with Crippen molar-refractivity contribution in [3.8, 4) is 0 Å². The molecule has 0 fully saturated rings. The molecule has 0 aromatic carbocycles. The predicted molar refractivity (Wildman–Crippen MR) is 60.2 cm³/mol. The van der Waals surface area contributed by atoms with E-state index in [1.54, 1.807) is 7.11 Å². The van der Waals surface area contributed by atoms with Crippen LogP contribution in [0.3, 0.4) is 0 Å². The zero-order valence-electron chi connectivity index (χ0n) is 10.2. The maximum atomic E-state index is 5.18. The fourth-order valence-corrected chi connectivity index (χ4v) is 1.48. The SMILES string of the molecule is CC.CCCC(CC)(COC)NC. The topological polar surface area (TPSA) is 21.3 Å². The number of likely N-dealkylation sites (N-methyl/N-ethyl adjacent to an activating group) is 1. The van der Waals surface area contributed by atoms with E-state index in [9.17, 15) is 0 Å². The van der Waals surface area contributed by atoms with E-state index in [0.29, 0.717) is 0 Å². The van der Waals surface area contributed by atoms with Crippen molar-refractivity contribution in [1.29, 1.82) is 0 Å². The lowest BCUT2D eigenvalue weighted by atomic mass is 9.92. The third-order valence-corrected chi connectivity index (χ3v) is 2.36. The average Bonchev–Trinajstić information content (AvgIpc) is 2.20. The van der Waals surface area contributed by atoms with Crippen molar-refractivity contribution in [2.24, 2.45) is 0 Å². The van der Waals surface area contributed by atoms with E-state index in [2.05, 4.69) is 19.2 Å². The molecule has 0 radical (unpaired) electrons. The van der Waals surface area contributed by atoms with Crippen LogP contribution in [0.1, 0.15) is 47.0 Å². The third kappa shape index (κ3) is 6.05. The third-order valence-electron chi connectivity index (χ3n) is 2.36. The van der Waals surface area contributed by atoms with Crippen molar-refractivity contribution in [3.63, 3.8) is 0 Å². The van der Waals surface area contributed by atoms with E-state index < -0.39 is 0 Å². The second-order valence-corrected chi connectivity index (χ2v) is 3.07. The molecular weight excluding hydrogens is 162 g/mol.